The maximum atomic E-state index is 13.3. The smallest absolute Gasteiger partial charge is 0.255 e. The minimum absolute atomic E-state index is 0.142. The van der Waals surface area contributed by atoms with E-state index in [9.17, 15) is 13.6 Å². The molecule has 1 aromatic carbocycles. The van der Waals surface area contributed by atoms with E-state index in [2.05, 4.69) is 21.2 Å². The van der Waals surface area contributed by atoms with Gasteiger partial charge < -0.3 is 5.32 Å². The van der Waals surface area contributed by atoms with Crippen LogP contribution in [0.2, 0.25) is 0 Å². The summed E-state index contributed by atoms with van der Waals surface area (Å²) < 4.78 is 26.2. The van der Waals surface area contributed by atoms with Crippen LogP contribution in [-0.4, -0.2) is 12.5 Å². The summed E-state index contributed by atoms with van der Waals surface area (Å²) in [6.45, 7) is 2.30. The van der Waals surface area contributed by atoms with Crippen LogP contribution in [0.1, 0.15) is 23.7 Å². The molecule has 0 atom stereocenters. The number of amides is 1. The summed E-state index contributed by atoms with van der Waals surface area (Å²) in [6.07, 6.45) is 0.736. The molecule has 1 amide bonds. The maximum Gasteiger partial charge on any atom is 0.255 e. The van der Waals surface area contributed by atoms with Crippen molar-refractivity contribution in [2.24, 2.45) is 0 Å². The first kappa shape index (κ1) is 12.1. The van der Waals surface area contributed by atoms with Crippen LogP contribution in [0.25, 0.3) is 0 Å². The molecule has 0 spiro atoms. The lowest BCUT2D eigenvalue weighted by Gasteiger charge is -2.07. The molecule has 82 valence electrons. The Balaban J connectivity index is 3.02. The summed E-state index contributed by atoms with van der Waals surface area (Å²) in [5.41, 5.74) is -0.288. The van der Waals surface area contributed by atoms with Crippen molar-refractivity contribution in [3.8, 4) is 0 Å². The van der Waals surface area contributed by atoms with E-state index < -0.39 is 17.5 Å². The van der Waals surface area contributed by atoms with Crippen molar-refractivity contribution in [3.63, 3.8) is 0 Å². The highest BCUT2D eigenvalue weighted by molar-refractivity contribution is 9.10. The summed E-state index contributed by atoms with van der Waals surface area (Å²) in [7, 11) is 0. The highest BCUT2D eigenvalue weighted by atomic mass is 79.9. The zero-order valence-corrected chi connectivity index (χ0v) is 9.70. The zero-order valence-electron chi connectivity index (χ0n) is 8.11. The van der Waals surface area contributed by atoms with Crippen molar-refractivity contribution in [2.75, 3.05) is 6.54 Å². The van der Waals surface area contributed by atoms with Gasteiger partial charge in [0.1, 0.15) is 11.6 Å². The lowest BCUT2D eigenvalue weighted by molar-refractivity contribution is 0.0948. The van der Waals surface area contributed by atoms with Crippen LogP contribution < -0.4 is 5.32 Å². The maximum absolute atomic E-state index is 13.3. The molecule has 0 unspecified atom stereocenters. The largest absolute Gasteiger partial charge is 0.352 e. The Bertz CT molecular complexity index is 382. The van der Waals surface area contributed by atoms with E-state index in [4.69, 9.17) is 0 Å². The van der Waals surface area contributed by atoms with Gasteiger partial charge in [-0.3, -0.25) is 4.79 Å². The van der Waals surface area contributed by atoms with Gasteiger partial charge in [0.2, 0.25) is 0 Å². The molecular weight excluding hydrogens is 268 g/mol. The number of carbonyl (C=O) groups excluding carboxylic acids is 1. The Hall–Kier alpha value is -0.970. The van der Waals surface area contributed by atoms with Crippen molar-refractivity contribution in [1.29, 1.82) is 0 Å². The number of halogens is 3. The lowest BCUT2D eigenvalue weighted by Crippen LogP contribution is -2.25. The van der Waals surface area contributed by atoms with Crippen LogP contribution in [0, 0.1) is 11.6 Å². The number of rotatable bonds is 3. The van der Waals surface area contributed by atoms with Crippen molar-refractivity contribution in [1.82, 2.24) is 5.32 Å². The molecule has 1 aromatic rings. The predicted octanol–water partition coefficient (Wildman–Crippen LogP) is 2.87. The summed E-state index contributed by atoms with van der Waals surface area (Å²) in [4.78, 5) is 11.4. The van der Waals surface area contributed by atoms with Crippen LogP contribution in [0.5, 0.6) is 0 Å². The molecule has 5 heteroatoms. The average Bonchev–Trinajstić information content (AvgIpc) is 2.21. The number of hydrogen-bond acceptors (Lipinski definition) is 1. The fourth-order valence-corrected chi connectivity index (χ4v) is 1.56. The van der Waals surface area contributed by atoms with Gasteiger partial charge in [0.25, 0.3) is 5.91 Å². The molecule has 0 radical (unpaired) electrons. The first-order chi connectivity index (χ1) is 7.07. The Morgan fingerprint density at radius 1 is 1.40 bits per heavy atom. The Labute approximate surface area is 94.8 Å². The predicted molar refractivity (Wildman–Crippen MR) is 56.7 cm³/mol. The van der Waals surface area contributed by atoms with E-state index in [1.165, 1.54) is 0 Å². The fraction of sp³-hybridized carbons (Fsp3) is 0.300. The number of benzene rings is 1. The third kappa shape index (κ3) is 2.75. The highest BCUT2D eigenvalue weighted by Gasteiger charge is 2.17. The standard InChI is InChI=1S/C10H10BrF2NO/c1-2-5-14-10(15)8-6(12)3-4-7(13)9(8)11/h3-4H,2,5H2,1H3,(H,14,15). The van der Waals surface area contributed by atoms with Crippen LogP contribution >= 0.6 is 15.9 Å². The summed E-state index contributed by atoms with van der Waals surface area (Å²) >= 11 is 2.85. The second kappa shape index (κ2) is 5.21. The van der Waals surface area contributed by atoms with Crippen molar-refractivity contribution >= 4 is 21.8 Å². The SMILES string of the molecule is CCCNC(=O)c1c(F)ccc(F)c1Br. The summed E-state index contributed by atoms with van der Waals surface area (Å²) in [5, 5.41) is 2.48. The second-order valence-corrected chi connectivity index (χ2v) is 3.77. The van der Waals surface area contributed by atoms with E-state index in [-0.39, 0.29) is 10.0 Å². The quantitative estimate of drug-likeness (QED) is 0.846. The van der Waals surface area contributed by atoms with Crippen molar-refractivity contribution in [3.05, 3.63) is 33.8 Å². The molecule has 15 heavy (non-hydrogen) atoms. The molecule has 0 heterocycles. The number of hydrogen-bond donors (Lipinski definition) is 1. The van der Waals surface area contributed by atoms with Crippen LogP contribution in [-0.2, 0) is 0 Å². The Morgan fingerprint density at radius 2 is 2.00 bits per heavy atom. The number of carbonyl (C=O) groups is 1. The molecule has 0 aromatic heterocycles. The van der Waals surface area contributed by atoms with Crippen LogP contribution in [0.3, 0.4) is 0 Å². The molecule has 1 rings (SSSR count). The van der Waals surface area contributed by atoms with Crippen molar-refractivity contribution < 1.29 is 13.6 Å². The van der Waals surface area contributed by atoms with Gasteiger partial charge in [-0.15, -0.1) is 0 Å². The molecule has 0 aliphatic rings. The summed E-state index contributed by atoms with van der Waals surface area (Å²) in [5.74, 6) is -2.00. The third-order valence-electron chi connectivity index (χ3n) is 1.81. The molecule has 0 aliphatic heterocycles. The molecule has 2 nitrogen and oxygen atoms in total. The molecular formula is C10H10BrF2NO. The molecule has 0 bridgehead atoms. The van der Waals surface area contributed by atoms with Gasteiger partial charge in [-0.2, -0.15) is 0 Å². The average molecular weight is 278 g/mol. The topological polar surface area (TPSA) is 29.1 Å². The lowest BCUT2D eigenvalue weighted by atomic mass is 10.2. The Morgan fingerprint density at radius 3 is 2.60 bits per heavy atom. The Kier molecular flexibility index (Phi) is 4.20. The van der Waals surface area contributed by atoms with E-state index >= 15 is 0 Å². The van der Waals surface area contributed by atoms with Crippen molar-refractivity contribution in [2.45, 2.75) is 13.3 Å². The summed E-state index contributed by atoms with van der Waals surface area (Å²) in [6, 6.07) is 1.90. The molecule has 1 N–H and O–H groups in total. The van der Waals surface area contributed by atoms with Gasteiger partial charge in [0.05, 0.1) is 10.0 Å². The monoisotopic (exact) mass is 277 g/mol. The van der Waals surface area contributed by atoms with E-state index in [1.807, 2.05) is 6.92 Å². The van der Waals surface area contributed by atoms with Gasteiger partial charge >= 0.3 is 0 Å². The van der Waals surface area contributed by atoms with Crippen LogP contribution in [0.15, 0.2) is 16.6 Å². The van der Waals surface area contributed by atoms with Gasteiger partial charge in [0, 0.05) is 6.54 Å². The third-order valence-corrected chi connectivity index (χ3v) is 2.58. The fourth-order valence-electron chi connectivity index (χ4n) is 1.06. The molecule has 0 saturated heterocycles. The minimum atomic E-state index is -0.739. The molecule has 0 saturated carbocycles. The van der Waals surface area contributed by atoms with Gasteiger partial charge in [-0.25, -0.2) is 8.78 Å². The van der Waals surface area contributed by atoms with Crippen LogP contribution in [0.4, 0.5) is 8.78 Å². The molecule has 0 aliphatic carbocycles. The highest BCUT2D eigenvalue weighted by Crippen LogP contribution is 2.23. The van der Waals surface area contributed by atoms with Gasteiger partial charge in [-0.05, 0) is 34.5 Å². The first-order valence-electron chi connectivity index (χ1n) is 4.49. The van der Waals surface area contributed by atoms with E-state index in [0.717, 1.165) is 18.6 Å². The van der Waals surface area contributed by atoms with Gasteiger partial charge in [0.15, 0.2) is 0 Å². The second-order valence-electron chi connectivity index (χ2n) is 2.97. The van der Waals surface area contributed by atoms with E-state index in [0.29, 0.717) is 6.54 Å². The zero-order chi connectivity index (χ0) is 11.4. The normalized spacial score (nSPS) is 10.1. The number of nitrogens with one attached hydrogen (secondary N) is 1. The molecule has 0 fully saturated rings. The van der Waals surface area contributed by atoms with E-state index in [1.54, 1.807) is 0 Å². The van der Waals surface area contributed by atoms with Gasteiger partial charge in [-0.1, -0.05) is 6.92 Å². The minimum Gasteiger partial charge on any atom is -0.352 e. The first-order valence-corrected chi connectivity index (χ1v) is 5.29.